The van der Waals surface area contributed by atoms with Gasteiger partial charge in [-0.1, -0.05) is 12.1 Å². The highest BCUT2D eigenvalue weighted by Gasteiger charge is 2.21. The lowest BCUT2D eigenvalue weighted by atomic mass is 10.2. The number of carbonyl (C=O) groups is 1. The Hall–Kier alpha value is -2.36. The van der Waals surface area contributed by atoms with E-state index in [4.69, 9.17) is 0 Å². The van der Waals surface area contributed by atoms with Gasteiger partial charge in [-0.25, -0.2) is 0 Å². The molecule has 1 aromatic heterocycles. The maximum atomic E-state index is 12.6. The fourth-order valence-electron chi connectivity index (χ4n) is 2.30. The summed E-state index contributed by atoms with van der Waals surface area (Å²) in [4.78, 5) is 18.4. The van der Waals surface area contributed by atoms with Gasteiger partial charge >= 0.3 is 0 Å². The van der Waals surface area contributed by atoms with Gasteiger partial charge in [-0.05, 0) is 30.7 Å². The van der Waals surface area contributed by atoms with E-state index in [1.54, 1.807) is 24.5 Å². The van der Waals surface area contributed by atoms with Crippen molar-refractivity contribution in [3.8, 4) is 0 Å². The maximum Gasteiger partial charge on any atom is 0.258 e. The number of benzene rings is 1. The van der Waals surface area contributed by atoms with E-state index in [9.17, 15) is 4.79 Å². The van der Waals surface area contributed by atoms with Gasteiger partial charge < -0.3 is 10.2 Å². The van der Waals surface area contributed by atoms with Crippen molar-refractivity contribution in [2.45, 2.75) is 6.42 Å². The smallest absolute Gasteiger partial charge is 0.258 e. The normalized spacial score (nSPS) is 14.2. The van der Waals surface area contributed by atoms with E-state index in [0.29, 0.717) is 5.56 Å². The summed E-state index contributed by atoms with van der Waals surface area (Å²) in [5, 5.41) is 3.36. The van der Waals surface area contributed by atoms with Gasteiger partial charge in [0.15, 0.2) is 0 Å². The molecular formula is C15H15N3O. The van der Waals surface area contributed by atoms with Crippen LogP contribution in [0.15, 0.2) is 48.8 Å². The van der Waals surface area contributed by atoms with E-state index in [1.165, 1.54) is 0 Å². The predicted molar refractivity (Wildman–Crippen MR) is 75.5 cm³/mol. The first-order chi connectivity index (χ1) is 9.36. The number of amides is 1. The number of nitrogens with zero attached hydrogens (tertiary/aromatic N) is 2. The molecule has 1 aliphatic heterocycles. The highest BCUT2D eigenvalue weighted by Crippen LogP contribution is 2.29. The van der Waals surface area contributed by atoms with Crippen molar-refractivity contribution in [2.24, 2.45) is 0 Å². The van der Waals surface area contributed by atoms with Crippen LogP contribution < -0.4 is 10.2 Å². The number of para-hydroxylation sites is 2. The zero-order valence-electron chi connectivity index (χ0n) is 10.5. The number of anilines is 2. The number of hydrogen-bond donors (Lipinski definition) is 1. The topological polar surface area (TPSA) is 45.2 Å². The number of pyridine rings is 1. The van der Waals surface area contributed by atoms with Gasteiger partial charge in [0.1, 0.15) is 0 Å². The summed E-state index contributed by atoms with van der Waals surface area (Å²) < 4.78 is 0. The minimum absolute atomic E-state index is 0.0264. The largest absolute Gasteiger partial charge is 0.383 e. The van der Waals surface area contributed by atoms with Crippen LogP contribution in [-0.2, 0) is 0 Å². The average molecular weight is 253 g/mol. The maximum absolute atomic E-state index is 12.6. The average Bonchev–Trinajstić information content (AvgIpc) is 2.70. The number of carbonyl (C=O) groups excluding carboxylic acids is 1. The van der Waals surface area contributed by atoms with Crippen molar-refractivity contribution in [2.75, 3.05) is 23.3 Å². The molecule has 0 spiro atoms. The van der Waals surface area contributed by atoms with Gasteiger partial charge in [0, 0.05) is 31.0 Å². The number of aromatic nitrogens is 1. The first kappa shape index (κ1) is 11.7. The molecule has 1 N–H and O–H groups in total. The predicted octanol–water partition coefficient (Wildman–Crippen LogP) is 2.54. The Morgan fingerprint density at radius 1 is 1.16 bits per heavy atom. The lowest BCUT2D eigenvalue weighted by molar-refractivity contribution is 0.0987. The Morgan fingerprint density at radius 2 is 1.95 bits per heavy atom. The summed E-state index contributed by atoms with van der Waals surface area (Å²) >= 11 is 0. The van der Waals surface area contributed by atoms with E-state index in [0.717, 1.165) is 30.9 Å². The molecule has 1 aliphatic rings. The molecule has 1 amide bonds. The van der Waals surface area contributed by atoms with E-state index >= 15 is 0 Å². The Labute approximate surface area is 112 Å². The fourth-order valence-corrected chi connectivity index (χ4v) is 2.30. The minimum Gasteiger partial charge on any atom is -0.383 e. The monoisotopic (exact) mass is 253 g/mol. The van der Waals surface area contributed by atoms with Gasteiger partial charge in [-0.2, -0.15) is 0 Å². The molecule has 0 unspecified atom stereocenters. The van der Waals surface area contributed by atoms with E-state index in [1.807, 2.05) is 29.2 Å². The van der Waals surface area contributed by atoms with Crippen LogP contribution in [0.5, 0.6) is 0 Å². The molecule has 0 atom stereocenters. The molecule has 2 heterocycles. The number of nitrogens with one attached hydrogen (secondary N) is 1. The van der Waals surface area contributed by atoms with Crippen molar-refractivity contribution < 1.29 is 4.79 Å². The molecule has 4 heteroatoms. The van der Waals surface area contributed by atoms with Crippen LogP contribution in [0.25, 0.3) is 0 Å². The van der Waals surface area contributed by atoms with E-state index in [-0.39, 0.29) is 5.91 Å². The van der Waals surface area contributed by atoms with Crippen LogP contribution in [0.4, 0.5) is 11.4 Å². The number of fused-ring (bicyclic) bond motifs is 1. The zero-order chi connectivity index (χ0) is 13.1. The van der Waals surface area contributed by atoms with E-state index in [2.05, 4.69) is 10.3 Å². The second-order valence-corrected chi connectivity index (χ2v) is 4.49. The molecule has 2 aromatic rings. The van der Waals surface area contributed by atoms with Crippen LogP contribution in [0, 0.1) is 0 Å². The Bertz CT molecular complexity index is 583. The Balaban J connectivity index is 1.99. The van der Waals surface area contributed by atoms with Crippen molar-refractivity contribution in [1.82, 2.24) is 4.98 Å². The Morgan fingerprint density at radius 3 is 2.79 bits per heavy atom. The van der Waals surface area contributed by atoms with Gasteiger partial charge in [-0.15, -0.1) is 0 Å². The summed E-state index contributed by atoms with van der Waals surface area (Å²) in [6.07, 6.45) is 4.23. The van der Waals surface area contributed by atoms with Crippen molar-refractivity contribution in [1.29, 1.82) is 0 Å². The molecule has 96 valence electrons. The number of rotatable bonds is 1. The van der Waals surface area contributed by atoms with Gasteiger partial charge in [0.25, 0.3) is 5.91 Å². The minimum atomic E-state index is 0.0264. The van der Waals surface area contributed by atoms with Gasteiger partial charge in [0.2, 0.25) is 0 Å². The molecule has 0 saturated carbocycles. The summed E-state index contributed by atoms with van der Waals surface area (Å²) in [5.41, 5.74) is 2.64. The molecule has 1 aromatic carbocycles. The van der Waals surface area contributed by atoms with Crippen molar-refractivity contribution in [3.05, 3.63) is 54.4 Å². The third kappa shape index (κ3) is 2.29. The third-order valence-electron chi connectivity index (χ3n) is 3.24. The van der Waals surface area contributed by atoms with Gasteiger partial charge in [-0.3, -0.25) is 9.78 Å². The standard InChI is InChI=1S/C15H15N3O/c19-15(12-6-9-16-10-7-12)18-11-3-8-17-13-4-1-2-5-14(13)18/h1-2,4-7,9-10,17H,3,8,11H2. The van der Waals surface area contributed by atoms with Gasteiger partial charge in [0.05, 0.1) is 11.4 Å². The first-order valence-corrected chi connectivity index (χ1v) is 6.41. The summed E-state index contributed by atoms with van der Waals surface area (Å²) in [7, 11) is 0. The molecule has 3 rings (SSSR count). The number of hydrogen-bond acceptors (Lipinski definition) is 3. The highest BCUT2D eigenvalue weighted by atomic mass is 16.2. The second kappa shape index (κ2) is 5.10. The van der Waals surface area contributed by atoms with Crippen LogP contribution >= 0.6 is 0 Å². The fraction of sp³-hybridized carbons (Fsp3) is 0.200. The first-order valence-electron chi connectivity index (χ1n) is 6.41. The molecule has 0 saturated heterocycles. The highest BCUT2D eigenvalue weighted by molar-refractivity contribution is 6.07. The summed E-state index contributed by atoms with van der Waals surface area (Å²) in [6.45, 7) is 1.61. The van der Waals surface area contributed by atoms with Crippen LogP contribution in [0.1, 0.15) is 16.8 Å². The molecule has 0 radical (unpaired) electrons. The molecule has 0 fully saturated rings. The lowest BCUT2D eigenvalue weighted by Crippen LogP contribution is -2.31. The molecular weight excluding hydrogens is 238 g/mol. The van der Waals surface area contributed by atoms with Crippen molar-refractivity contribution >= 4 is 17.3 Å². The van der Waals surface area contributed by atoms with Crippen LogP contribution in [0.2, 0.25) is 0 Å². The Kier molecular flexibility index (Phi) is 3.14. The summed E-state index contributed by atoms with van der Waals surface area (Å²) in [5.74, 6) is 0.0264. The molecule has 19 heavy (non-hydrogen) atoms. The molecule has 4 nitrogen and oxygen atoms in total. The second-order valence-electron chi connectivity index (χ2n) is 4.49. The quantitative estimate of drug-likeness (QED) is 0.849. The third-order valence-corrected chi connectivity index (χ3v) is 3.24. The van der Waals surface area contributed by atoms with E-state index < -0.39 is 0 Å². The lowest BCUT2D eigenvalue weighted by Gasteiger charge is -2.22. The van der Waals surface area contributed by atoms with Crippen LogP contribution in [-0.4, -0.2) is 24.0 Å². The molecule has 0 bridgehead atoms. The SMILES string of the molecule is O=C(c1ccncc1)N1CCCNc2ccccc21. The van der Waals surface area contributed by atoms with Crippen molar-refractivity contribution in [3.63, 3.8) is 0 Å². The van der Waals surface area contributed by atoms with Crippen LogP contribution in [0.3, 0.4) is 0 Å². The summed E-state index contributed by atoms with van der Waals surface area (Å²) in [6, 6.07) is 11.4. The molecule has 0 aliphatic carbocycles. The zero-order valence-corrected chi connectivity index (χ0v) is 10.5.